The maximum Gasteiger partial charge on any atom is 0.0940 e. The molecular formula is C40H52N2. The molecule has 222 valence electrons. The van der Waals surface area contributed by atoms with Crippen LogP contribution < -0.4 is 5.32 Å². The Morgan fingerprint density at radius 3 is 1.88 bits per heavy atom. The summed E-state index contributed by atoms with van der Waals surface area (Å²) in [5, 5.41) is 4.27. The number of nitrogens with zero attached hydrogens (tertiary/aromatic N) is 1. The van der Waals surface area contributed by atoms with Gasteiger partial charge in [0, 0.05) is 17.3 Å². The zero-order valence-corrected chi connectivity index (χ0v) is 25.8. The third-order valence-electron chi connectivity index (χ3n) is 11.7. The van der Waals surface area contributed by atoms with E-state index < -0.39 is 0 Å². The van der Waals surface area contributed by atoms with Crippen molar-refractivity contribution in [1.29, 1.82) is 0 Å². The van der Waals surface area contributed by atoms with Crippen molar-refractivity contribution in [3.05, 3.63) is 94.8 Å². The molecular weight excluding hydrogens is 508 g/mol. The zero-order valence-electron chi connectivity index (χ0n) is 25.8. The van der Waals surface area contributed by atoms with Crippen LogP contribution in [-0.4, -0.2) is 4.98 Å². The van der Waals surface area contributed by atoms with Crippen molar-refractivity contribution in [2.45, 2.75) is 133 Å². The Hall–Kier alpha value is -2.61. The lowest BCUT2D eigenvalue weighted by Gasteiger charge is -2.41. The summed E-state index contributed by atoms with van der Waals surface area (Å²) in [4.78, 5) is 5.58. The number of anilines is 1. The molecule has 4 unspecified atom stereocenters. The summed E-state index contributed by atoms with van der Waals surface area (Å²) in [6.07, 6.45) is 23.4. The summed E-state index contributed by atoms with van der Waals surface area (Å²) < 4.78 is 0. The Morgan fingerprint density at radius 1 is 0.548 bits per heavy atom. The van der Waals surface area contributed by atoms with E-state index in [0.29, 0.717) is 17.8 Å². The summed E-state index contributed by atoms with van der Waals surface area (Å²) in [5.74, 6) is 3.74. The zero-order chi connectivity index (χ0) is 28.1. The molecule has 42 heavy (non-hydrogen) atoms. The number of rotatable bonds is 7. The molecule has 4 aliphatic carbocycles. The van der Waals surface area contributed by atoms with Crippen molar-refractivity contribution in [3.63, 3.8) is 0 Å². The third kappa shape index (κ3) is 6.06. The molecule has 4 atom stereocenters. The first kappa shape index (κ1) is 28.2. The highest BCUT2D eigenvalue weighted by atomic mass is 15.0. The average Bonchev–Trinajstić information content (AvgIpc) is 3.08. The molecule has 0 amide bonds. The maximum atomic E-state index is 5.58. The highest BCUT2D eigenvalue weighted by molar-refractivity contribution is 5.63. The molecule has 7 rings (SSSR count). The minimum atomic E-state index is 0.0592. The molecule has 1 N–H and O–H groups in total. The van der Waals surface area contributed by atoms with Crippen molar-refractivity contribution in [3.8, 4) is 0 Å². The fourth-order valence-corrected chi connectivity index (χ4v) is 9.52. The fraction of sp³-hybridized carbons (Fsp3) is 0.575. The molecule has 0 radical (unpaired) electrons. The Bertz CT molecular complexity index is 1250. The molecule has 0 aliphatic heterocycles. The van der Waals surface area contributed by atoms with E-state index in [1.807, 2.05) is 0 Å². The molecule has 2 heteroatoms. The Balaban J connectivity index is 1.28. The standard InChI is InChI=1S/C40H52N2/c1-4-15-30(16-5-1)34-24-13-25-35(31-17-6-2-7-18-31)40(34)42-39(32-20-8-3-9-21-32)38-28-14-27-37(41-38)36-26-12-22-29-19-10-11-23-33(29)36/h3,8-9,13-14,20-21,24-25,27-31,33,36,39,42H,1-2,4-7,10-12,15-19,22-23,26H2. The van der Waals surface area contributed by atoms with Crippen LogP contribution >= 0.6 is 0 Å². The molecule has 0 bridgehead atoms. The lowest BCUT2D eigenvalue weighted by molar-refractivity contribution is 0.142. The Morgan fingerprint density at radius 2 is 1.17 bits per heavy atom. The summed E-state index contributed by atoms with van der Waals surface area (Å²) in [6, 6.07) is 25.5. The van der Waals surface area contributed by atoms with Crippen LogP contribution in [0.5, 0.6) is 0 Å². The van der Waals surface area contributed by atoms with Crippen LogP contribution in [-0.2, 0) is 0 Å². The number of nitrogens with one attached hydrogen (secondary N) is 1. The molecule has 0 saturated heterocycles. The summed E-state index contributed by atoms with van der Waals surface area (Å²) in [5.41, 5.74) is 8.49. The van der Waals surface area contributed by atoms with E-state index in [4.69, 9.17) is 4.98 Å². The number of pyridine rings is 1. The van der Waals surface area contributed by atoms with Crippen LogP contribution in [0.25, 0.3) is 0 Å². The second kappa shape index (κ2) is 13.4. The Kier molecular flexibility index (Phi) is 8.96. The maximum absolute atomic E-state index is 5.58. The first-order chi connectivity index (χ1) is 20.8. The smallest absolute Gasteiger partial charge is 0.0940 e. The van der Waals surface area contributed by atoms with Gasteiger partial charge in [0.1, 0.15) is 0 Å². The summed E-state index contributed by atoms with van der Waals surface area (Å²) in [7, 11) is 0. The second-order valence-electron chi connectivity index (χ2n) is 14.2. The van der Waals surface area contributed by atoms with Crippen LogP contribution in [0.4, 0.5) is 5.69 Å². The number of hydrogen-bond acceptors (Lipinski definition) is 2. The topological polar surface area (TPSA) is 24.9 Å². The van der Waals surface area contributed by atoms with Crippen molar-refractivity contribution in [2.75, 3.05) is 5.32 Å². The fourth-order valence-electron chi connectivity index (χ4n) is 9.52. The van der Waals surface area contributed by atoms with Crippen LogP contribution in [0, 0.1) is 11.8 Å². The van der Waals surface area contributed by atoms with Gasteiger partial charge in [-0.3, -0.25) is 4.98 Å². The first-order valence-corrected chi connectivity index (χ1v) is 17.8. The molecule has 2 aromatic carbocycles. The van der Waals surface area contributed by atoms with Crippen LogP contribution in [0.15, 0.2) is 66.7 Å². The van der Waals surface area contributed by atoms with E-state index in [9.17, 15) is 0 Å². The van der Waals surface area contributed by atoms with Gasteiger partial charge in [0.25, 0.3) is 0 Å². The van der Waals surface area contributed by atoms with Gasteiger partial charge in [0.15, 0.2) is 0 Å². The van der Waals surface area contributed by atoms with Crippen LogP contribution in [0.2, 0.25) is 0 Å². The van der Waals surface area contributed by atoms with Gasteiger partial charge in [-0.25, -0.2) is 0 Å². The minimum absolute atomic E-state index is 0.0592. The largest absolute Gasteiger partial charge is 0.372 e. The molecule has 0 spiro atoms. The van der Waals surface area contributed by atoms with E-state index in [-0.39, 0.29) is 6.04 Å². The molecule has 2 nitrogen and oxygen atoms in total. The van der Waals surface area contributed by atoms with E-state index in [1.54, 1.807) is 11.1 Å². The predicted molar refractivity (Wildman–Crippen MR) is 176 cm³/mol. The lowest BCUT2D eigenvalue weighted by atomic mass is 9.64. The van der Waals surface area contributed by atoms with Gasteiger partial charge in [-0.15, -0.1) is 0 Å². The molecule has 4 aliphatic rings. The van der Waals surface area contributed by atoms with E-state index in [1.165, 1.54) is 132 Å². The average molecular weight is 561 g/mol. The number of aromatic nitrogens is 1. The number of fused-ring (bicyclic) bond motifs is 1. The van der Waals surface area contributed by atoms with Crippen molar-refractivity contribution < 1.29 is 0 Å². The van der Waals surface area contributed by atoms with Crippen LogP contribution in [0.3, 0.4) is 0 Å². The normalized spacial score (nSPS) is 26.3. The van der Waals surface area contributed by atoms with Gasteiger partial charge >= 0.3 is 0 Å². The summed E-state index contributed by atoms with van der Waals surface area (Å²) in [6.45, 7) is 0. The molecule has 1 heterocycles. The quantitative estimate of drug-likeness (QED) is 0.311. The van der Waals surface area contributed by atoms with Gasteiger partial charge in [0.05, 0.1) is 11.7 Å². The minimum Gasteiger partial charge on any atom is -0.372 e. The number of benzene rings is 2. The summed E-state index contributed by atoms with van der Waals surface area (Å²) >= 11 is 0. The second-order valence-corrected chi connectivity index (χ2v) is 14.2. The van der Waals surface area contributed by atoms with Gasteiger partial charge in [-0.2, -0.15) is 0 Å². The van der Waals surface area contributed by atoms with E-state index in [0.717, 1.165) is 11.8 Å². The van der Waals surface area contributed by atoms with E-state index >= 15 is 0 Å². The van der Waals surface area contributed by atoms with Crippen molar-refractivity contribution in [2.24, 2.45) is 11.8 Å². The van der Waals surface area contributed by atoms with Gasteiger partial charge < -0.3 is 5.32 Å². The third-order valence-corrected chi connectivity index (χ3v) is 11.7. The monoisotopic (exact) mass is 560 g/mol. The SMILES string of the molecule is c1ccc(C(Nc2c(C3CCCCC3)cccc2C2CCCCC2)c2cccc(C3CCCC4CCCCC43)n2)cc1. The highest BCUT2D eigenvalue weighted by Crippen LogP contribution is 2.48. The van der Waals surface area contributed by atoms with E-state index in [2.05, 4.69) is 72.0 Å². The number of hydrogen-bond donors (Lipinski definition) is 1. The molecule has 4 saturated carbocycles. The Labute approximate surface area is 255 Å². The molecule has 1 aromatic heterocycles. The van der Waals surface area contributed by atoms with Crippen molar-refractivity contribution >= 4 is 5.69 Å². The highest BCUT2D eigenvalue weighted by Gasteiger charge is 2.36. The number of para-hydroxylation sites is 1. The van der Waals surface area contributed by atoms with Gasteiger partial charge in [0.2, 0.25) is 0 Å². The van der Waals surface area contributed by atoms with Gasteiger partial charge in [-0.1, -0.05) is 125 Å². The van der Waals surface area contributed by atoms with Gasteiger partial charge in [-0.05, 0) is 91.0 Å². The lowest BCUT2D eigenvalue weighted by Crippen LogP contribution is -2.30. The predicted octanol–water partition coefficient (Wildman–Crippen LogP) is 11.5. The van der Waals surface area contributed by atoms with Crippen LogP contribution in [0.1, 0.15) is 161 Å². The van der Waals surface area contributed by atoms with Crippen molar-refractivity contribution in [1.82, 2.24) is 4.98 Å². The first-order valence-electron chi connectivity index (χ1n) is 17.8. The molecule has 4 fully saturated rings. The molecule has 3 aromatic rings.